The molecule has 2 aliphatic rings. The molecule has 1 amide bonds. The Balaban J connectivity index is 1.67. The fourth-order valence-corrected chi connectivity index (χ4v) is 5.62. The van der Waals surface area contributed by atoms with Crippen LogP contribution in [0.1, 0.15) is 42.5 Å². The second-order valence-electron chi connectivity index (χ2n) is 7.88. The predicted molar refractivity (Wildman–Crippen MR) is 109 cm³/mol. The van der Waals surface area contributed by atoms with E-state index in [-0.39, 0.29) is 5.78 Å². The molecule has 0 spiro atoms. The Labute approximate surface area is 168 Å². The number of ketones is 1. The summed E-state index contributed by atoms with van der Waals surface area (Å²) < 4.78 is 1.07. The molecular weight excluding hydrogens is 376 g/mol. The first-order chi connectivity index (χ1) is 13.5. The van der Waals surface area contributed by atoms with Crippen molar-refractivity contribution in [1.29, 1.82) is 0 Å². The van der Waals surface area contributed by atoms with Crippen LogP contribution in [0.2, 0.25) is 0 Å². The van der Waals surface area contributed by atoms with Gasteiger partial charge < -0.3 is 15.1 Å². The molecule has 28 heavy (non-hydrogen) atoms. The molecule has 1 atom stereocenters. The Morgan fingerprint density at radius 2 is 1.71 bits per heavy atom. The van der Waals surface area contributed by atoms with Crippen molar-refractivity contribution < 1.29 is 19.8 Å². The van der Waals surface area contributed by atoms with Crippen LogP contribution in [0.4, 0.5) is 4.79 Å². The molecular formula is C21H26N2O4S. The van der Waals surface area contributed by atoms with Crippen molar-refractivity contribution in [3.63, 3.8) is 0 Å². The van der Waals surface area contributed by atoms with E-state index in [2.05, 4.69) is 0 Å². The van der Waals surface area contributed by atoms with Crippen LogP contribution in [-0.2, 0) is 0 Å². The molecule has 150 valence electrons. The summed E-state index contributed by atoms with van der Waals surface area (Å²) >= 11 is 1.55. The molecule has 1 saturated heterocycles. The number of nitrogens with zero attached hydrogens (tertiary/aromatic N) is 2. The number of hydrogen-bond acceptors (Lipinski definition) is 5. The van der Waals surface area contributed by atoms with Crippen LogP contribution in [0.5, 0.6) is 0 Å². The van der Waals surface area contributed by atoms with Gasteiger partial charge in [0.2, 0.25) is 0 Å². The number of carboxylic acid groups (broad SMARTS) is 1. The smallest absolute Gasteiger partial charge is 0.407 e. The number of carbonyl (C=O) groups excluding carboxylic acids is 1. The third kappa shape index (κ3) is 3.54. The van der Waals surface area contributed by atoms with E-state index in [9.17, 15) is 19.8 Å². The van der Waals surface area contributed by atoms with E-state index in [1.165, 1.54) is 4.90 Å². The predicted octanol–water partition coefficient (Wildman–Crippen LogP) is 3.44. The highest BCUT2D eigenvalue weighted by molar-refractivity contribution is 7.17. The molecule has 2 fully saturated rings. The maximum Gasteiger partial charge on any atom is 0.407 e. The highest BCUT2D eigenvalue weighted by Crippen LogP contribution is 2.37. The van der Waals surface area contributed by atoms with Crippen LogP contribution in [0.25, 0.3) is 10.1 Å². The van der Waals surface area contributed by atoms with E-state index in [1.54, 1.807) is 11.3 Å². The maximum absolute atomic E-state index is 13.7. The first kappa shape index (κ1) is 19.4. The fraction of sp³-hybridized carbons (Fsp3) is 0.524. The van der Waals surface area contributed by atoms with Crippen LogP contribution < -0.4 is 0 Å². The van der Waals surface area contributed by atoms with Gasteiger partial charge in [-0.1, -0.05) is 37.5 Å². The van der Waals surface area contributed by atoms with Crippen molar-refractivity contribution in [2.75, 3.05) is 26.2 Å². The van der Waals surface area contributed by atoms with E-state index < -0.39 is 17.7 Å². The van der Waals surface area contributed by atoms with Crippen molar-refractivity contribution in [2.24, 2.45) is 0 Å². The zero-order valence-corrected chi connectivity index (χ0v) is 16.7. The van der Waals surface area contributed by atoms with Crippen LogP contribution >= 0.6 is 11.3 Å². The fourth-order valence-electron chi connectivity index (χ4n) is 4.67. The largest absolute Gasteiger partial charge is 0.465 e. The Hall–Kier alpha value is -1.96. The molecule has 1 aliphatic heterocycles. The van der Waals surface area contributed by atoms with Gasteiger partial charge in [-0.3, -0.25) is 9.69 Å². The molecule has 2 heterocycles. The third-order valence-electron chi connectivity index (χ3n) is 6.17. The first-order valence-electron chi connectivity index (χ1n) is 9.94. The summed E-state index contributed by atoms with van der Waals surface area (Å²) in [5.74, 6) is -0.0365. The van der Waals surface area contributed by atoms with Gasteiger partial charge in [-0.2, -0.15) is 0 Å². The normalized spacial score (nSPS) is 21.5. The average Bonchev–Trinajstić information content (AvgIpc) is 3.13. The highest BCUT2D eigenvalue weighted by atomic mass is 32.1. The Kier molecular flexibility index (Phi) is 5.40. The van der Waals surface area contributed by atoms with Crippen LogP contribution in [0.3, 0.4) is 0 Å². The number of fused-ring (bicyclic) bond motifs is 1. The van der Waals surface area contributed by atoms with Gasteiger partial charge in [0.1, 0.15) is 6.04 Å². The number of thiophene rings is 1. The Morgan fingerprint density at radius 1 is 1.04 bits per heavy atom. The summed E-state index contributed by atoms with van der Waals surface area (Å²) in [4.78, 5) is 28.4. The van der Waals surface area contributed by atoms with Gasteiger partial charge in [-0.15, -0.1) is 11.3 Å². The topological polar surface area (TPSA) is 81.1 Å². The third-order valence-corrected chi connectivity index (χ3v) is 7.14. The van der Waals surface area contributed by atoms with Crippen molar-refractivity contribution in [2.45, 2.75) is 43.7 Å². The minimum absolute atomic E-state index is 0.0365. The van der Waals surface area contributed by atoms with Gasteiger partial charge in [0.25, 0.3) is 0 Å². The minimum Gasteiger partial charge on any atom is -0.465 e. The van der Waals surface area contributed by atoms with Crippen molar-refractivity contribution in [1.82, 2.24) is 9.80 Å². The van der Waals surface area contributed by atoms with Gasteiger partial charge in [-0.05, 0) is 18.9 Å². The highest BCUT2D eigenvalue weighted by Gasteiger charge is 2.46. The summed E-state index contributed by atoms with van der Waals surface area (Å²) in [6, 6.07) is 7.24. The average molecular weight is 403 g/mol. The number of piperazine rings is 1. The monoisotopic (exact) mass is 402 g/mol. The lowest BCUT2D eigenvalue weighted by Crippen LogP contribution is -2.62. The Bertz CT molecular complexity index is 866. The van der Waals surface area contributed by atoms with Gasteiger partial charge in [0, 0.05) is 47.2 Å². The molecule has 1 aliphatic carbocycles. The van der Waals surface area contributed by atoms with Crippen LogP contribution in [0, 0.1) is 0 Å². The molecule has 7 heteroatoms. The minimum atomic E-state index is -1.05. The van der Waals surface area contributed by atoms with Crippen LogP contribution in [-0.4, -0.2) is 69.7 Å². The maximum atomic E-state index is 13.7. The van der Waals surface area contributed by atoms with E-state index in [0.29, 0.717) is 44.6 Å². The van der Waals surface area contributed by atoms with Crippen molar-refractivity contribution >= 4 is 33.3 Å². The van der Waals surface area contributed by atoms with E-state index in [4.69, 9.17) is 0 Å². The summed E-state index contributed by atoms with van der Waals surface area (Å²) in [6.45, 7) is 1.65. The molecule has 4 rings (SSSR count). The summed E-state index contributed by atoms with van der Waals surface area (Å²) in [5, 5.41) is 23.6. The SMILES string of the molecule is O=C(c1csc2ccccc12)C(N1CCN(C(=O)O)CC1)C1(O)CCCCC1. The van der Waals surface area contributed by atoms with E-state index >= 15 is 0 Å². The quantitative estimate of drug-likeness (QED) is 0.766. The molecule has 1 aromatic heterocycles. The zero-order valence-electron chi connectivity index (χ0n) is 15.8. The second-order valence-corrected chi connectivity index (χ2v) is 8.79. The molecule has 2 N–H and O–H groups in total. The molecule has 0 bridgehead atoms. The lowest BCUT2D eigenvalue weighted by molar-refractivity contribution is -0.0670. The zero-order chi connectivity index (χ0) is 19.7. The van der Waals surface area contributed by atoms with Gasteiger partial charge in [0.05, 0.1) is 5.60 Å². The molecule has 6 nitrogen and oxygen atoms in total. The number of rotatable bonds is 4. The lowest BCUT2D eigenvalue weighted by Gasteiger charge is -2.46. The molecule has 0 radical (unpaired) electrons. The van der Waals surface area contributed by atoms with Crippen LogP contribution in [0.15, 0.2) is 29.6 Å². The number of Topliss-reactive ketones (excluding diaryl/α,β-unsaturated/α-hetero) is 1. The lowest BCUT2D eigenvalue weighted by atomic mass is 9.76. The van der Waals surface area contributed by atoms with E-state index in [0.717, 1.165) is 29.3 Å². The summed E-state index contributed by atoms with van der Waals surface area (Å²) in [7, 11) is 0. The van der Waals surface area contributed by atoms with Crippen molar-refractivity contribution in [3.8, 4) is 0 Å². The summed E-state index contributed by atoms with van der Waals surface area (Å²) in [5.41, 5.74) is -0.380. The number of carbonyl (C=O) groups is 2. The first-order valence-corrected chi connectivity index (χ1v) is 10.8. The molecule has 2 aromatic rings. The van der Waals surface area contributed by atoms with E-state index in [1.807, 2.05) is 34.5 Å². The summed E-state index contributed by atoms with van der Waals surface area (Å²) in [6.07, 6.45) is 3.22. The van der Waals surface area contributed by atoms with Gasteiger partial charge in [-0.25, -0.2) is 4.79 Å². The molecule has 1 saturated carbocycles. The standard InChI is InChI=1S/C21H26N2O4S/c24-18(16-14-28-17-7-3-2-6-15(16)17)19(21(27)8-4-1-5-9-21)22-10-12-23(13-11-22)20(25)26/h2-3,6-7,14,19,27H,1,4-5,8-13H2,(H,25,26). The number of aliphatic hydroxyl groups is 1. The van der Waals surface area contributed by atoms with Gasteiger partial charge in [0.15, 0.2) is 5.78 Å². The van der Waals surface area contributed by atoms with Gasteiger partial charge >= 0.3 is 6.09 Å². The molecule has 1 unspecified atom stereocenters. The number of benzene rings is 1. The number of amides is 1. The Morgan fingerprint density at radius 3 is 2.39 bits per heavy atom. The molecule has 1 aromatic carbocycles. The second kappa shape index (κ2) is 7.81. The number of hydrogen-bond donors (Lipinski definition) is 2. The van der Waals surface area contributed by atoms with Crippen molar-refractivity contribution in [3.05, 3.63) is 35.2 Å².